The molecule has 0 bridgehead atoms. The molecule has 1 saturated heterocycles. The van der Waals surface area contributed by atoms with Gasteiger partial charge in [-0.15, -0.1) is 0 Å². The standard InChI is InChI=1S/C13H24F2N2O/c1-4-5-12(18)17-8-6-11(7-9-17)16(3)10-13(2,14)15/h11H,4-10H2,1-3H3. The molecule has 0 saturated carbocycles. The van der Waals surface area contributed by atoms with E-state index in [0.29, 0.717) is 19.5 Å². The van der Waals surface area contributed by atoms with E-state index in [1.54, 1.807) is 11.9 Å². The van der Waals surface area contributed by atoms with Crippen molar-refractivity contribution in [3.05, 3.63) is 0 Å². The number of alkyl halides is 2. The third kappa shape index (κ3) is 4.88. The molecule has 1 aliphatic heterocycles. The molecule has 1 heterocycles. The van der Waals surface area contributed by atoms with Crippen LogP contribution in [0.15, 0.2) is 0 Å². The number of carbonyl (C=O) groups is 1. The van der Waals surface area contributed by atoms with Gasteiger partial charge < -0.3 is 4.90 Å². The van der Waals surface area contributed by atoms with Gasteiger partial charge in [-0.2, -0.15) is 0 Å². The molecule has 0 unspecified atom stereocenters. The molecule has 106 valence electrons. The molecule has 0 aromatic rings. The van der Waals surface area contributed by atoms with Crippen molar-refractivity contribution in [2.24, 2.45) is 0 Å². The number of nitrogens with zero attached hydrogens (tertiary/aromatic N) is 2. The van der Waals surface area contributed by atoms with Gasteiger partial charge >= 0.3 is 0 Å². The molecule has 0 radical (unpaired) electrons. The summed E-state index contributed by atoms with van der Waals surface area (Å²) in [6.45, 7) is 4.12. The van der Waals surface area contributed by atoms with E-state index in [4.69, 9.17) is 0 Å². The molecule has 1 fully saturated rings. The smallest absolute Gasteiger partial charge is 0.257 e. The number of hydrogen-bond donors (Lipinski definition) is 0. The zero-order chi connectivity index (χ0) is 13.8. The lowest BCUT2D eigenvalue weighted by molar-refractivity contribution is -0.133. The number of hydrogen-bond acceptors (Lipinski definition) is 2. The van der Waals surface area contributed by atoms with Crippen LogP contribution in [-0.2, 0) is 4.79 Å². The quantitative estimate of drug-likeness (QED) is 0.759. The Kier molecular flexibility index (Phi) is 5.50. The summed E-state index contributed by atoms with van der Waals surface area (Å²) in [6.07, 6.45) is 3.04. The van der Waals surface area contributed by atoms with Gasteiger partial charge in [0.2, 0.25) is 5.91 Å². The van der Waals surface area contributed by atoms with Gasteiger partial charge in [-0.3, -0.25) is 9.69 Å². The minimum Gasteiger partial charge on any atom is -0.343 e. The Labute approximate surface area is 108 Å². The minimum absolute atomic E-state index is 0.168. The number of halogens is 2. The van der Waals surface area contributed by atoms with Gasteiger partial charge in [-0.05, 0) is 26.3 Å². The molecule has 1 amide bonds. The molecule has 1 aliphatic rings. The Hall–Kier alpha value is -0.710. The maximum absolute atomic E-state index is 12.9. The van der Waals surface area contributed by atoms with Crippen LogP contribution in [0, 0.1) is 0 Å². The normalized spacial score (nSPS) is 18.4. The fourth-order valence-corrected chi connectivity index (χ4v) is 2.50. The Morgan fingerprint density at radius 3 is 2.39 bits per heavy atom. The summed E-state index contributed by atoms with van der Waals surface area (Å²) in [5.41, 5.74) is 0. The first-order valence-electron chi connectivity index (χ1n) is 6.69. The Morgan fingerprint density at radius 2 is 1.94 bits per heavy atom. The van der Waals surface area contributed by atoms with Gasteiger partial charge in [0.05, 0.1) is 6.54 Å². The summed E-state index contributed by atoms with van der Waals surface area (Å²) < 4.78 is 25.9. The van der Waals surface area contributed by atoms with E-state index in [1.807, 2.05) is 11.8 Å². The fraction of sp³-hybridized carbons (Fsp3) is 0.923. The summed E-state index contributed by atoms with van der Waals surface area (Å²) in [5, 5.41) is 0. The maximum Gasteiger partial charge on any atom is 0.257 e. The molecule has 5 heteroatoms. The fourth-order valence-electron chi connectivity index (χ4n) is 2.50. The number of likely N-dealkylation sites (tertiary alicyclic amines) is 1. The van der Waals surface area contributed by atoms with Crippen molar-refractivity contribution in [1.29, 1.82) is 0 Å². The number of carbonyl (C=O) groups excluding carboxylic acids is 1. The molecule has 3 nitrogen and oxygen atoms in total. The van der Waals surface area contributed by atoms with E-state index < -0.39 is 5.92 Å². The molecule has 0 aromatic carbocycles. The highest BCUT2D eigenvalue weighted by atomic mass is 19.3. The minimum atomic E-state index is -2.65. The van der Waals surface area contributed by atoms with Crippen LogP contribution in [0.2, 0.25) is 0 Å². The van der Waals surface area contributed by atoms with Crippen molar-refractivity contribution in [2.75, 3.05) is 26.7 Å². The van der Waals surface area contributed by atoms with Crippen LogP contribution in [0.5, 0.6) is 0 Å². The second kappa shape index (κ2) is 6.45. The molecule has 0 aliphatic carbocycles. The van der Waals surface area contributed by atoms with Crippen molar-refractivity contribution in [2.45, 2.75) is 51.5 Å². The summed E-state index contributed by atoms with van der Waals surface area (Å²) in [5.74, 6) is -2.45. The van der Waals surface area contributed by atoms with Crippen LogP contribution in [-0.4, -0.2) is 54.4 Å². The number of piperidine rings is 1. The maximum atomic E-state index is 12.9. The van der Waals surface area contributed by atoms with Crippen molar-refractivity contribution < 1.29 is 13.6 Å². The molecular formula is C13H24F2N2O. The van der Waals surface area contributed by atoms with Crippen LogP contribution >= 0.6 is 0 Å². The zero-order valence-electron chi connectivity index (χ0n) is 11.6. The lowest BCUT2D eigenvalue weighted by Gasteiger charge is -2.37. The highest BCUT2D eigenvalue weighted by Crippen LogP contribution is 2.20. The van der Waals surface area contributed by atoms with Crippen LogP contribution in [0.4, 0.5) is 8.78 Å². The molecule has 0 spiro atoms. The highest BCUT2D eigenvalue weighted by molar-refractivity contribution is 5.76. The van der Waals surface area contributed by atoms with Crippen molar-refractivity contribution in [1.82, 2.24) is 9.80 Å². The molecule has 0 atom stereocenters. The van der Waals surface area contributed by atoms with E-state index in [2.05, 4.69) is 0 Å². The predicted octanol–water partition coefficient (Wildman–Crippen LogP) is 2.36. The summed E-state index contributed by atoms with van der Waals surface area (Å²) >= 11 is 0. The van der Waals surface area contributed by atoms with Gasteiger partial charge in [-0.1, -0.05) is 6.92 Å². The number of amides is 1. The van der Waals surface area contributed by atoms with Crippen molar-refractivity contribution >= 4 is 5.91 Å². The summed E-state index contributed by atoms with van der Waals surface area (Å²) in [6, 6.07) is 0.168. The second-order valence-electron chi connectivity index (χ2n) is 5.35. The lowest BCUT2D eigenvalue weighted by Crippen LogP contribution is -2.47. The lowest BCUT2D eigenvalue weighted by atomic mass is 10.0. The summed E-state index contributed by atoms with van der Waals surface area (Å²) in [7, 11) is 1.74. The molecule has 18 heavy (non-hydrogen) atoms. The van der Waals surface area contributed by atoms with Crippen molar-refractivity contribution in [3.63, 3.8) is 0 Å². The van der Waals surface area contributed by atoms with E-state index >= 15 is 0 Å². The molecule has 0 aromatic heterocycles. The van der Waals surface area contributed by atoms with Gasteiger partial charge in [0.1, 0.15) is 0 Å². The monoisotopic (exact) mass is 262 g/mol. The highest BCUT2D eigenvalue weighted by Gasteiger charge is 2.30. The first-order chi connectivity index (χ1) is 8.33. The van der Waals surface area contributed by atoms with Crippen LogP contribution in [0.25, 0.3) is 0 Å². The van der Waals surface area contributed by atoms with Crippen LogP contribution in [0.3, 0.4) is 0 Å². The first-order valence-corrected chi connectivity index (χ1v) is 6.69. The van der Waals surface area contributed by atoms with Gasteiger partial charge in [-0.25, -0.2) is 8.78 Å². The predicted molar refractivity (Wildman–Crippen MR) is 67.8 cm³/mol. The molecule has 1 rings (SSSR count). The average molecular weight is 262 g/mol. The Balaban J connectivity index is 2.37. The molecular weight excluding hydrogens is 238 g/mol. The summed E-state index contributed by atoms with van der Waals surface area (Å²) in [4.78, 5) is 15.3. The van der Waals surface area contributed by atoms with Gasteiger partial charge in [0.15, 0.2) is 0 Å². The zero-order valence-corrected chi connectivity index (χ0v) is 11.6. The van der Waals surface area contributed by atoms with Gasteiger partial charge in [0, 0.05) is 32.5 Å². The SMILES string of the molecule is CCCC(=O)N1CCC(N(C)CC(C)(F)F)CC1. The number of rotatable bonds is 5. The van der Waals surface area contributed by atoms with Gasteiger partial charge in [0.25, 0.3) is 5.92 Å². The molecule has 0 N–H and O–H groups in total. The average Bonchev–Trinajstić information content (AvgIpc) is 2.27. The third-order valence-electron chi connectivity index (χ3n) is 3.43. The Morgan fingerprint density at radius 1 is 1.39 bits per heavy atom. The van der Waals surface area contributed by atoms with E-state index in [-0.39, 0.29) is 18.5 Å². The second-order valence-corrected chi connectivity index (χ2v) is 5.35. The first kappa shape index (κ1) is 15.3. The van der Waals surface area contributed by atoms with Crippen molar-refractivity contribution in [3.8, 4) is 0 Å². The van der Waals surface area contributed by atoms with Crippen LogP contribution < -0.4 is 0 Å². The van der Waals surface area contributed by atoms with Crippen LogP contribution in [0.1, 0.15) is 39.5 Å². The topological polar surface area (TPSA) is 23.6 Å². The van der Waals surface area contributed by atoms with E-state index in [1.165, 1.54) is 0 Å². The Bertz CT molecular complexity index is 271. The van der Waals surface area contributed by atoms with E-state index in [9.17, 15) is 13.6 Å². The largest absolute Gasteiger partial charge is 0.343 e. The van der Waals surface area contributed by atoms with E-state index in [0.717, 1.165) is 26.2 Å². The third-order valence-corrected chi connectivity index (χ3v) is 3.43.